The SMILES string of the molecule is COC(=O)COc1ccc(S(=O)(=O)NC2CCCC2)cc1Cl. The summed E-state index contributed by atoms with van der Waals surface area (Å²) in [5.41, 5.74) is 0. The van der Waals surface area contributed by atoms with Crippen molar-refractivity contribution in [2.45, 2.75) is 36.6 Å². The highest BCUT2D eigenvalue weighted by atomic mass is 35.5. The molecule has 8 heteroatoms. The van der Waals surface area contributed by atoms with Crippen LogP contribution in [0.3, 0.4) is 0 Å². The number of benzene rings is 1. The lowest BCUT2D eigenvalue weighted by Crippen LogP contribution is -2.32. The number of carbonyl (C=O) groups is 1. The second-order valence-corrected chi connectivity index (χ2v) is 7.18. The lowest BCUT2D eigenvalue weighted by Gasteiger charge is -2.13. The molecule has 1 aliphatic rings. The van der Waals surface area contributed by atoms with Crippen LogP contribution in [0.15, 0.2) is 23.1 Å². The smallest absolute Gasteiger partial charge is 0.343 e. The first kappa shape index (κ1) is 17.1. The van der Waals surface area contributed by atoms with Crippen LogP contribution in [0.25, 0.3) is 0 Å². The van der Waals surface area contributed by atoms with E-state index in [0.717, 1.165) is 25.7 Å². The van der Waals surface area contributed by atoms with E-state index < -0.39 is 16.0 Å². The van der Waals surface area contributed by atoms with Crippen LogP contribution in [0.1, 0.15) is 25.7 Å². The summed E-state index contributed by atoms with van der Waals surface area (Å²) in [4.78, 5) is 11.1. The third-order valence-corrected chi connectivity index (χ3v) is 5.28. The number of sulfonamides is 1. The van der Waals surface area contributed by atoms with E-state index in [1.54, 1.807) is 0 Å². The lowest BCUT2D eigenvalue weighted by molar-refractivity contribution is -0.142. The quantitative estimate of drug-likeness (QED) is 0.797. The van der Waals surface area contributed by atoms with Gasteiger partial charge in [-0.1, -0.05) is 24.4 Å². The number of ether oxygens (including phenoxy) is 2. The molecule has 1 aromatic rings. The van der Waals surface area contributed by atoms with Crippen molar-refractivity contribution in [3.63, 3.8) is 0 Å². The van der Waals surface area contributed by atoms with E-state index in [0.29, 0.717) is 0 Å². The van der Waals surface area contributed by atoms with Gasteiger partial charge in [0.1, 0.15) is 5.75 Å². The zero-order chi connectivity index (χ0) is 16.2. The summed E-state index contributed by atoms with van der Waals surface area (Å²) in [7, 11) is -2.35. The van der Waals surface area contributed by atoms with Crippen LogP contribution >= 0.6 is 11.6 Å². The molecule has 0 aliphatic heterocycles. The van der Waals surface area contributed by atoms with Crippen LogP contribution < -0.4 is 9.46 Å². The van der Waals surface area contributed by atoms with Gasteiger partial charge in [0.15, 0.2) is 6.61 Å². The molecule has 1 aromatic carbocycles. The van der Waals surface area contributed by atoms with E-state index in [-0.39, 0.29) is 28.3 Å². The van der Waals surface area contributed by atoms with Crippen LogP contribution in [0, 0.1) is 0 Å². The number of esters is 1. The molecule has 0 bridgehead atoms. The van der Waals surface area contributed by atoms with Crippen molar-refractivity contribution in [1.82, 2.24) is 4.72 Å². The number of hydrogen-bond donors (Lipinski definition) is 1. The lowest BCUT2D eigenvalue weighted by atomic mass is 10.3. The first-order valence-electron chi connectivity index (χ1n) is 6.94. The van der Waals surface area contributed by atoms with E-state index in [9.17, 15) is 13.2 Å². The van der Waals surface area contributed by atoms with Gasteiger partial charge in [-0.05, 0) is 31.0 Å². The van der Waals surface area contributed by atoms with Crippen LogP contribution in [-0.2, 0) is 19.6 Å². The van der Waals surface area contributed by atoms with Gasteiger partial charge in [0.2, 0.25) is 10.0 Å². The fourth-order valence-corrected chi connectivity index (χ4v) is 3.92. The number of rotatable bonds is 6. The van der Waals surface area contributed by atoms with Crippen LogP contribution in [0.5, 0.6) is 5.75 Å². The summed E-state index contributed by atoms with van der Waals surface area (Å²) >= 11 is 6.01. The largest absolute Gasteiger partial charge is 0.480 e. The molecule has 0 spiro atoms. The maximum absolute atomic E-state index is 12.3. The van der Waals surface area contributed by atoms with Gasteiger partial charge in [0.05, 0.1) is 17.0 Å². The summed E-state index contributed by atoms with van der Waals surface area (Å²) in [6, 6.07) is 4.12. The van der Waals surface area contributed by atoms with Gasteiger partial charge < -0.3 is 9.47 Å². The van der Waals surface area contributed by atoms with Crippen molar-refractivity contribution < 1.29 is 22.7 Å². The van der Waals surface area contributed by atoms with Crippen molar-refractivity contribution in [1.29, 1.82) is 0 Å². The molecule has 0 atom stereocenters. The van der Waals surface area contributed by atoms with Crippen molar-refractivity contribution in [2.24, 2.45) is 0 Å². The van der Waals surface area contributed by atoms with Gasteiger partial charge >= 0.3 is 5.97 Å². The van der Waals surface area contributed by atoms with Gasteiger partial charge in [-0.25, -0.2) is 17.9 Å². The second kappa shape index (κ2) is 7.30. The molecule has 0 saturated heterocycles. The minimum atomic E-state index is -3.60. The maximum Gasteiger partial charge on any atom is 0.343 e. The molecule has 0 heterocycles. The fraction of sp³-hybridized carbons (Fsp3) is 0.500. The van der Waals surface area contributed by atoms with Crippen molar-refractivity contribution in [2.75, 3.05) is 13.7 Å². The Balaban J connectivity index is 2.08. The molecule has 122 valence electrons. The average molecular weight is 348 g/mol. The van der Waals surface area contributed by atoms with Gasteiger partial charge in [-0.3, -0.25) is 0 Å². The van der Waals surface area contributed by atoms with E-state index in [2.05, 4.69) is 9.46 Å². The Labute approximate surface area is 134 Å². The molecule has 1 saturated carbocycles. The zero-order valence-corrected chi connectivity index (χ0v) is 13.7. The molecular weight excluding hydrogens is 330 g/mol. The van der Waals surface area contributed by atoms with Crippen molar-refractivity contribution in [3.8, 4) is 5.75 Å². The van der Waals surface area contributed by atoms with Gasteiger partial charge in [0.25, 0.3) is 0 Å². The van der Waals surface area contributed by atoms with Crippen LogP contribution in [0.2, 0.25) is 5.02 Å². The first-order valence-corrected chi connectivity index (χ1v) is 8.80. The highest BCUT2D eigenvalue weighted by Crippen LogP contribution is 2.28. The number of methoxy groups -OCH3 is 1. The Morgan fingerprint density at radius 1 is 1.36 bits per heavy atom. The molecule has 0 amide bonds. The summed E-state index contributed by atoms with van der Waals surface area (Å²) < 4.78 is 36.9. The summed E-state index contributed by atoms with van der Waals surface area (Å²) in [5, 5.41) is 0.123. The standard InChI is InChI=1S/C14H18ClNO5S/c1-20-14(17)9-21-13-7-6-11(8-12(13)15)22(18,19)16-10-4-2-3-5-10/h6-8,10,16H,2-5,9H2,1H3. The first-order chi connectivity index (χ1) is 10.4. The minimum Gasteiger partial charge on any atom is -0.480 e. The Morgan fingerprint density at radius 2 is 2.05 bits per heavy atom. The van der Waals surface area contributed by atoms with Crippen molar-refractivity contribution in [3.05, 3.63) is 23.2 Å². The molecular formula is C14H18ClNO5S. The molecule has 0 aromatic heterocycles. The second-order valence-electron chi connectivity index (χ2n) is 5.06. The van der Waals surface area contributed by atoms with Crippen molar-refractivity contribution >= 4 is 27.6 Å². The molecule has 0 unspecified atom stereocenters. The van der Waals surface area contributed by atoms with Crippen LogP contribution in [-0.4, -0.2) is 34.1 Å². The van der Waals surface area contributed by atoms with Gasteiger partial charge in [0, 0.05) is 6.04 Å². The number of carbonyl (C=O) groups excluding carboxylic acids is 1. The highest BCUT2D eigenvalue weighted by Gasteiger charge is 2.23. The summed E-state index contributed by atoms with van der Waals surface area (Å²) in [5.74, 6) is -0.317. The molecule has 1 N–H and O–H groups in total. The van der Waals surface area contributed by atoms with Gasteiger partial charge in [-0.15, -0.1) is 0 Å². The normalized spacial score (nSPS) is 15.7. The molecule has 0 radical (unpaired) electrons. The monoisotopic (exact) mass is 347 g/mol. The minimum absolute atomic E-state index is 0.0148. The maximum atomic E-state index is 12.3. The molecule has 1 aliphatic carbocycles. The molecule has 6 nitrogen and oxygen atoms in total. The van der Waals surface area contributed by atoms with E-state index in [1.165, 1.54) is 25.3 Å². The van der Waals surface area contributed by atoms with Gasteiger partial charge in [-0.2, -0.15) is 0 Å². The summed E-state index contributed by atoms with van der Waals surface area (Å²) in [6.07, 6.45) is 3.78. The van der Waals surface area contributed by atoms with E-state index in [1.807, 2.05) is 0 Å². The van der Waals surface area contributed by atoms with E-state index >= 15 is 0 Å². The predicted molar refractivity (Wildman–Crippen MR) is 81.5 cm³/mol. The summed E-state index contributed by atoms with van der Waals surface area (Å²) in [6.45, 7) is -0.289. The Hall–Kier alpha value is -1.31. The Morgan fingerprint density at radius 3 is 2.64 bits per heavy atom. The number of halogens is 1. The predicted octanol–water partition coefficient (Wildman–Crippen LogP) is 2.11. The molecule has 1 fully saturated rings. The highest BCUT2D eigenvalue weighted by molar-refractivity contribution is 7.89. The fourth-order valence-electron chi connectivity index (χ4n) is 2.29. The average Bonchev–Trinajstić information content (AvgIpc) is 2.97. The molecule has 22 heavy (non-hydrogen) atoms. The number of hydrogen-bond acceptors (Lipinski definition) is 5. The zero-order valence-electron chi connectivity index (χ0n) is 12.2. The Bertz CT molecular complexity index is 641. The topological polar surface area (TPSA) is 81.7 Å². The van der Waals surface area contributed by atoms with Crippen LogP contribution in [0.4, 0.5) is 0 Å². The third-order valence-electron chi connectivity index (χ3n) is 3.46. The third kappa shape index (κ3) is 4.34. The number of nitrogens with one attached hydrogen (secondary N) is 1. The Kier molecular flexibility index (Phi) is 5.66. The van der Waals surface area contributed by atoms with E-state index in [4.69, 9.17) is 16.3 Å². The molecule has 2 rings (SSSR count).